The standard InChI is InChI=1S/C20H22O/c1-3-5-6-10-17-13-15-19(16-14-17)21-20-12-8-7-11-18(20)9-4-2/h4,6-16H,3,5H2,1-2H3/b9-4+,10-6+. The lowest BCUT2D eigenvalue weighted by atomic mass is 10.1. The van der Waals surface area contributed by atoms with E-state index in [1.807, 2.05) is 43.3 Å². The maximum atomic E-state index is 5.97. The van der Waals surface area contributed by atoms with Crippen molar-refractivity contribution in [1.29, 1.82) is 0 Å². The molecule has 2 rings (SSSR count). The van der Waals surface area contributed by atoms with E-state index >= 15 is 0 Å². The van der Waals surface area contributed by atoms with Crippen molar-refractivity contribution >= 4 is 12.2 Å². The van der Waals surface area contributed by atoms with E-state index in [-0.39, 0.29) is 0 Å². The Kier molecular flexibility index (Phi) is 5.83. The second-order valence-electron chi connectivity index (χ2n) is 4.90. The first kappa shape index (κ1) is 15.1. The van der Waals surface area contributed by atoms with Gasteiger partial charge in [0.05, 0.1) is 0 Å². The average molecular weight is 278 g/mol. The van der Waals surface area contributed by atoms with Crippen LogP contribution in [0.25, 0.3) is 12.2 Å². The third-order valence-corrected chi connectivity index (χ3v) is 3.14. The Morgan fingerprint density at radius 3 is 2.43 bits per heavy atom. The molecule has 0 unspecified atom stereocenters. The van der Waals surface area contributed by atoms with Crippen LogP contribution in [0, 0.1) is 0 Å². The largest absolute Gasteiger partial charge is 0.457 e. The Labute approximate surface area is 127 Å². The monoisotopic (exact) mass is 278 g/mol. The maximum absolute atomic E-state index is 5.97. The van der Waals surface area contributed by atoms with Crippen LogP contribution in [0.2, 0.25) is 0 Å². The van der Waals surface area contributed by atoms with Gasteiger partial charge in [-0.2, -0.15) is 0 Å². The summed E-state index contributed by atoms with van der Waals surface area (Å²) in [5.41, 5.74) is 2.30. The minimum Gasteiger partial charge on any atom is -0.457 e. The van der Waals surface area contributed by atoms with Gasteiger partial charge < -0.3 is 4.74 Å². The molecule has 1 heteroatoms. The summed E-state index contributed by atoms with van der Waals surface area (Å²) in [6.07, 6.45) is 10.7. The van der Waals surface area contributed by atoms with Gasteiger partial charge in [-0.25, -0.2) is 0 Å². The number of unbranched alkanes of at least 4 members (excludes halogenated alkanes) is 1. The summed E-state index contributed by atoms with van der Waals surface area (Å²) >= 11 is 0. The van der Waals surface area contributed by atoms with Crippen molar-refractivity contribution in [2.75, 3.05) is 0 Å². The first-order chi connectivity index (χ1) is 10.3. The summed E-state index contributed by atoms with van der Waals surface area (Å²) in [4.78, 5) is 0. The highest BCUT2D eigenvalue weighted by Gasteiger charge is 2.01. The minimum absolute atomic E-state index is 0.861. The summed E-state index contributed by atoms with van der Waals surface area (Å²) in [5, 5.41) is 0. The molecule has 2 aromatic carbocycles. The Bertz CT molecular complexity index is 606. The fourth-order valence-electron chi connectivity index (χ4n) is 2.05. The van der Waals surface area contributed by atoms with Crippen molar-refractivity contribution < 1.29 is 4.74 Å². The summed E-state index contributed by atoms with van der Waals surface area (Å²) in [6, 6.07) is 16.2. The zero-order chi connectivity index (χ0) is 14.9. The molecule has 0 bridgehead atoms. The molecule has 2 aromatic rings. The Balaban J connectivity index is 2.10. The average Bonchev–Trinajstić information content (AvgIpc) is 2.51. The first-order valence-corrected chi connectivity index (χ1v) is 7.49. The molecule has 0 amide bonds. The molecule has 0 aliphatic heterocycles. The van der Waals surface area contributed by atoms with E-state index in [0.29, 0.717) is 0 Å². The Hall–Kier alpha value is -2.28. The molecule has 0 aromatic heterocycles. The van der Waals surface area contributed by atoms with Crippen LogP contribution in [0.3, 0.4) is 0 Å². The summed E-state index contributed by atoms with van der Waals surface area (Å²) in [6.45, 7) is 4.19. The molecule has 108 valence electrons. The van der Waals surface area contributed by atoms with Gasteiger partial charge in [0.25, 0.3) is 0 Å². The molecule has 0 saturated heterocycles. The normalized spacial score (nSPS) is 11.3. The fraction of sp³-hybridized carbons (Fsp3) is 0.200. The number of rotatable bonds is 6. The number of hydrogen-bond acceptors (Lipinski definition) is 1. The van der Waals surface area contributed by atoms with Crippen LogP contribution >= 0.6 is 0 Å². The molecule has 0 heterocycles. The predicted molar refractivity (Wildman–Crippen MR) is 91.6 cm³/mol. The van der Waals surface area contributed by atoms with E-state index in [4.69, 9.17) is 4.74 Å². The first-order valence-electron chi connectivity index (χ1n) is 7.49. The lowest BCUT2D eigenvalue weighted by molar-refractivity contribution is 0.481. The third-order valence-electron chi connectivity index (χ3n) is 3.14. The highest BCUT2D eigenvalue weighted by atomic mass is 16.5. The second-order valence-corrected chi connectivity index (χ2v) is 4.90. The smallest absolute Gasteiger partial charge is 0.134 e. The van der Waals surface area contributed by atoms with Gasteiger partial charge in [0.15, 0.2) is 0 Å². The van der Waals surface area contributed by atoms with Crippen molar-refractivity contribution in [3.63, 3.8) is 0 Å². The molecule has 21 heavy (non-hydrogen) atoms. The highest BCUT2D eigenvalue weighted by Crippen LogP contribution is 2.26. The van der Waals surface area contributed by atoms with Crippen LogP contribution in [-0.2, 0) is 0 Å². The lowest BCUT2D eigenvalue weighted by Gasteiger charge is -2.09. The van der Waals surface area contributed by atoms with Gasteiger partial charge in [0, 0.05) is 5.56 Å². The Morgan fingerprint density at radius 2 is 1.71 bits per heavy atom. The Morgan fingerprint density at radius 1 is 0.952 bits per heavy atom. The van der Waals surface area contributed by atoms with Crippen LogP contribution < -0.4 is 4.74 Å². The molecule has 0 saturated carbocycles. The summed E-state index contributed by atoms with van der Waals surface area (Å²) < 4.78 is 5.97. The van der Waals surface area contributed by atoms with Gasteiger partial charge in [0.1, 0.15) is 11.5 Å². The van der Waals surface area contributed by atoms with Crippen LogP contribution in [0.4, 0.5) is 0 Å². The zero-order valence-corrected chi connectivity index (χ0v) is 12.8. The number of benzene rings is 2. The molecule has 0 aliphatic rings. The molecule has 0 atom stereocenters. The van der Waals surface area contributed by atoms with Gasteiger partial charge in [-0.15, -0.1) is 0 Å². The van der Waals surface area contributed by atoms with E-state index in [9.17, 15) is 0 Å². The van der Waals surface area contributed by atoms with E-state index in [0.717, 1.165) is 23.5 Å². The summed E-state index contributed by atoms with van der Waals surface area (Å²) in [7, 11) is 0. The van der Waals surface area contributed by atoms with Crippen LogP contribution in [0.1, 0.15) is 37.8 Å². The molecule has 0 spiro atoms. The number of hydrogen-bond donors (Lipinski definition) is 0. The third kappa shape index (κ3) is 4.64. The van der Waals surface area contributed by atoms with Crippen LogP contribution in [0.5, 0.6) is 11.5 Å². The van der Waals surface area contributed by atoms with Gasteiger partial charge in [-0.1, -0.05) is 68.0 Å². The van der Waals surface area contributed by atoms with Crippen molar-refractivity contribution in [1.82, 2.24) is 0 Å². The molecular formula is C20H22O. The highest BCUT2D eigenvalue weighted by molar-refractivity contribution is 5.58. The van der Waals surface area contributed by atoms with E-state index in [1.165, 1.54) is 12.0 Å². The zero-order valence-electron chi connectivity index (χ0n) is 12.8. The van der Waals surface area contributed by atoms with E-state index in [2.05, 4.69) is 43.4 Å². The van der Waals surface area contributed by atoms with Crippen LogP contribution in [-0.4, -0.2) is 0 Å². The molecule has 0 N–H and O–H groups in total. The second kappa shape index (κ2) is 8.11. The van der Waals surface area contributed by atoms with E-state index in [1.54, 1.807) is 0 Å². The molecule has 0 radical (unpaired) electrons. The number of para-hydroxylation sites is 1. The SMILES string of the molecule is C/C=C/c1ccccc1Oc1ccc(/C=C/CCC)cc1. The predicted octanol–water partition coefficient (Wildman–Crippen LogP) is 6.33. The van der Waals surface area contributed by atoms with Crippen LogP contribution in [0.15, 0.2) is 60.7 Å². The van der Waals surface area contributed by atoms with Crippen molar-refractivity contribution in [3.8, 4) is 11.5 Å². The quantitative estimate of drug-likeness (QED) is 0.600. The molecule has 0 fully saturated rings. The number of ether oxygens (including phenoxy) is 1. The molecule has 0 aliphatic carbocycles. The van der Waals surface area contributed by atoms with Gasteiger partial charge >= 0.3 is 0 Å². The van der Waals surface area contributed by atoms with E-state index < -0.39 is 0 Å². The minimum atomic E-state index is 0.861. The molecule has 1 nitrogen and oxygen atoms in total. The van der Waals surface area contributed by atoms with Crippen molar-refractivity contribution in [2.24, 2.45) is 0 Å². The topological polar surface area (TPSA) is 9.23 Å². The lowest BCUT2D eigenvalue weighted by Crippen LogP contribution is -1.87. The number of allylic oxidation sites excluding steroid dienone is 2. The van der Waals surface area contributed by atoms with Gasteiger partial charge in [0.2, 0.25) is 0 Å². The van der Waals surface area contributed by atoms with Gasteiger partial charge in [-0.05, 0) is 37.1 Å². The van der Waals surface area contributed by atoms with Crippen molar-refractivity contribution in [3.05, 3.63) is 71.8 Å². The maximum Gasteiger partial charge on any atom is 0.134 e. The van der Waals surface area contributed by atoms with Crippen molar-refractivity contribution in [2.45, 2.75) is 26.7 Å². The van der Waals surface area contributed by atoms with Gasteiger partial charge in [-0.3, -0.25) is 0 Å². The summed E-state index contributed by atoms with van der Waals surface area (Å²) in [5.74, 6) is 1.74. The fourth-order valence-corrected chi connectivity index (χ4v) is 2.05. The molecular weight excluding hydrogens is 256 g/mol.